The predicted molar refractivity (Wildman–Crippen MR) is 141 cm³/mol. The second-order valence-corrected chi connectivity index (χ2v) is 11.3. The lowest BCUT2D eigenvalue weighted by Gasteiger charge is -2.32. The highest BCUT2D eigenvalue weighted by molar-refractivity contribution is 7.90. The summed E-state index contributed by atoms with van der Waals surface area (Å²) in [7, 11) is -1.73. The molecule has 0 bridgehead atoms. The van der Waals surface area contributed by atoms with Gasteiger partial charge in [-0.2, -0.15) is 0 Å². The van der Waals surface area contributed by atoms with E-state index in [0.717, 1.165) is 54.4 Å². The van der Waals surface area contributed by atoms with E-state index in [-0.39, 0.29) is 0 Å². The molecule has 4 aromatic rings. The number of aromatic nitrogens is 1. The smallest absolute Gasteiger partial charge is 0.249 e. The standard InChI is InChI=1S/C27H28ClN3O2S/c1-3-26(23-12-6-9-20-8-4-5-11-22(20)23)34(32,33)31-19-24(28)27-21(10-7-13-25(27)31)18-30-16-14-29(2)15-17-30/h3-13,19,26H,1,14-18H2,2H3. The molecule has 1 aliphatic rings. The number of likely N-dealkylation sites (N-methyl/N-ethyl adjacent to an activating group) is 1. The van der Waals surface area contributed by atoms with Crippen molar-refractivity contribution in [3.63, 3.8) is 0 Å². The second-order valence-electron chi connectivity index (χ2n) is 8.93. The molecule has 1 aliphatic heterocycles. The van der Waals surface area contributed by atoms with Crippen LogP contribution in [0.15, 0.2) is 79.5 Å². The van der Waals surface area contributed by atoms with Gasteiger partial charge in [-0.3, -0.25) is 4.90 Å². The van der Waals surface area contributed by atoms with Gasteiger partial charge in [0.1, 0.15) is 5.25 Å². The lowest BCUT2D eigenvalue weighted by atomic mass is 10.0. The third-order valence-electron chi connectivity index (χ3n) is 6.76. The molecule has 34 heavy (non-hydrogen) atoms. The summed E-state index contributed by atoms with van der Waals surface area (Å²) in [6, 6.07) is 19.3. The molecule has 1 fully saturated rings. The van der Waals surface area contributed by atoms with Crippen LogP contribution in [0.5, 0.6) is 0 Å². The molecule has 0 aliphatic carbocycles. The van der Waals surface area contributed by atoms with Crippen LogP contribution in [0, 0.1) is 0 Å². The van der Waals surface area contributed by atoms with Crippen LogP contribution < -0.4 is 0 Å². The third-order valence-corrected chi connectivity index (χ3v) is 8.99. The van der Waals surface area contributed by atoms with Crippen molar-refractivity contribution in [2.75, 3.05) is 33.2 Å². The molecule has 1 saturated heterocycles. The number of rotatable bonds is 6. The lowest BCUT2D eigenvalue weighted by Crippen LogP contribution is -2.43. The van der Waals surface area contributed by atoms with Crippen molar-refractivity contribution < 1.29 is 8.42 Å². The lowest BCUT2D eigenvalue weighted by molar-refractivity contribution is 0.148. The Morgan fingerprint density at radius 1 is 1.00 bits per heavy atom. The Bertz CT molecular complexity index is 1460. The molecular weight excluding hydrogens is 466 g/mol. The number of fused-ring (bicyclic) bond motifs is 2. The van der Waals surface area contributed by atoms with E-state index in [1.807, 2.05) is 60.7 Å². The summed E-state index contributed by atoms with van der Waals surface area (Å²) < 4.78 is 29.3. The van der Waals surface area contributed by atoms with Gasteiger partial charge in [0.05, 0.1) is 10.5 Å². The topological polar surface area (TPSA) is 45.6 Å². The molecule has 5 nitrogen and oxygen atoms in total. The van der Waals surface area contributed by atoms with Gasteiger partial charge in [0.25, 0.3) is 0 Å². The van der Waals surface area contributed by atoms with E-state index >= 15 is 0 Å². The Kier molecular flexibility index (Phi) is 6.25. The van der Waals surface area contributed by atoms with Crippen molar-refractivity contribution in [2.45, 2.75) is 11.8 Å². The summed E-state index contributed by atoms with van der Waals surface area (Å²) in [6.45, 7) is 8.62. The second kappa shape index (κ2) is 9.19. The van der Waals surface area contributed by atoms with Crippen molar-refractivity contribution in [2.24, 2.45) is 0 Å². The normalized spacial score (nSPS) is 16.8. The van der Waals surface area contributed by atoms with Crippen LogP contribution in [-0.4, -0.2) is 55.4 Å². The van der Waals surface area contributed by atoms with Gasteiger partial charge >= 0.3 is 0 Å². The molecule has 3 aromatic carbocycles. The van der Waals surface area contributed by atoms with Crippen LogP contribution >= 0.6 is 11.6 Å². The molecule has 5 rings (SSSR count). The van der Waals surface area contributed by atoms with E-state index in [0.29, 0.717) is 16.1 Å². The molecule has 0 amide bonds. The van der Waals surface area contributed by atoms with Crippen molar-refractivity contribution in [1.29, 1.82) is 0 Å². The van der Waals surface area contributed by atoms with E-state index in [1.165, 1.54) is 16.2 Å². The highest BCUT2D eigenvalue weighted by Gasteiger charge is 2.30. The summed E-state index contributed by atoms with van der Waals surface area (Å²) in [6.07, 6.45) is 3.04. The van der Waals surface area contributed by atoms with Gasteiger partial charge in [-0.15, -0.1) is 6.58 Å². The van der Waals surface area contributed by atoms with Crippen LogP contribution in [0.25, 0.3) is 21.7 Å². The molecule has 0 spiro atoms. The molecule has 7 heteroatoms. The van der Waals surface area contributed by atoms with Crippen molar-refractivity contribution in [1.82, 2.24) is 13.8 Å². The zero-order chi connectivity index (χ0) is 23.9. The highest BCUT2D eigenvalue weighted by Crippen LogP contribution is 2.37. The van der Waals surface area contributed by atoms with Crippen LogP contribution in [0.3, 0.4) is 0 Å². The zero-order valence-corrected chi connectivity index (χ0v) is 20.8. The summed E-state index contributed by atoms with van der Waals surface area (Å²) in [5.41, 5.74) is 2.35. The van der Waals surface area contributed by atoms with Crippen LogP contribution in [0.2, 0.25) is 5.02 Å². The Labute approximate surface area is 205 Å². The fraction of sp³-hybridized carbons (Fsp3) is 0.259. The van der Waals surface area contributed by atoms with E-state index < -0.39 is 15.3 Å². The molecule has 1 atom stereocenters. The van der Waals surface area contributed by atoms with Gasteiger partial charge < -0.3 is 4.90 Å². The van der Waals surface area contributed by atoms with Gasteiger partial charge in [0, 0.05) is 44.3 Å². The summed E-state index contributed by atoms with van der Waals surface area (Å²) in [4.78, 5) is 4.70. The first-order valence-electron chi connectivity index (χ1n) is 11.4. The Balaban J connectivity index is 1.58. The van der Waals surface area contributed by atoms with Gasteiger partial charge in [-0.05, 0) is 35.0 Å². The van der Waals surface area contributed by atoms with Crippen LogP contribution in [-0.2, 0) is 16.6 Å². The Hall–Kier alpha value is -2.64. The summed E-state index contributed by atoms with van der Waals surface area (Å²) in [5, 5.41) is 2.23. The van der Waals surface area contributed by atoms with E-state index in [2.05, 4.69) is 23.4 Å². The fourth-order valence-electron chi connectivity index (χ4n) is 4.90. The van der Waals surface area contributed by atoms with E-state index in [9.17, 15) is 8.42 Å². The largest absolute Gasteiger partial charge is 0.304 e. The fourth-order valence-corrected chi connectivity index (χ4v) is 6.97. The number of hydrogen-bond donors (Lipinski definition) is 0. The van der Waals surface area contributed by atoms with Crippen molar-refractivity contribution in [3.8, 4) is 0 Å². The average molecular weight is 494 g/mol. The molecule has 1 aromatic heterocycles. The zero-order valence-electron chi connectivity index (χ0n) is 19.2. The maximum Gasteiger partial charge on any atom is 0.249 e. The third kappa shape index (κ3) is 4.05. The maximum atomic E-state index is 14.0. The Morgan fingerprint density at radius 2 is 1.71 bits per heavy atom. The quantitative estimate of drug-likeness (QED) is 0.342. The number of piperazine rings is 1. The van der Waals surface area contributed by atoms with E-state index in [1.54, 1.807) is 0 Å². The number of halogens is 1. The summed E-state index contributed by atoms with van der Waals surface area (Å²) >= 11 is 6.68. The first-order valence-corrected chi connectivity index (χ1v) is 13.3. The number of hydrogen-bond acceptors (Lipinski definition) is 4. The van der Waals surface area contributed by atoms with Gasteiger partial charge in [-0.1, -0.05) is 72.3 Å². The SMILES string of the molecule is C=CC(c1cccc2ccccc12)S(=O)(=O)n1cc(Cl)c2c(CN3CCN(C)CC3)cccc21. The van der Waals surface area contributed by atoms with Gasteiger partial charge in [0.2, 0.25) is 10.0 Å². The Morgan fingerprint density at radius 3 is 2.47 bits per heavy atom. The molecule has 0 saturated carbocycles. The first-order chi connectivity index (χ1) is 16.4. The molecule has 0 N–H and O–H groups in total. The van der Waals surface area contributed by atoms with E-state index in [4.69, 9.17) is 11.6 Å². The molecule has 1 unspecified atom stereocenters. The monoisotopic (exact) mass is 493 g/mol. The molecule has 176 valence electrons. The highest BCUT2D eigenvalue weighted by atomic mass is 35.5. The minimum absolute atomic E-state index is 0.448. The molecule has 2 heterocycles. The van der Waals surface area contributed by atoms with Crippen molar-refractivity contribution in [3.05, 3.63) is 95.7 Å². The first kappa shape index (κ1) is 23.1. The minimum Gasteiger partial charge on any atom is -0.304 e. The number of benzene rings is 3. The van der Waals surface area contributed by atoms with Crippen LogP contribution in [0.4, 0.5) is 0 Å². The maximum absolute atomic E-state index is 14.0. The van der Waals surface area contributed by atoms with Gasteiger partial charge in [0.15, 0.2) is 0 Å². The predicted octanol–water partition coefficient (Wildman–Crippen LogP) is 5.30. The van der Waals surface area contributed by atoms with Crippen molar-refractivity contribution >= 4 is 43.3 Å². The van der Waals surface area contributed by atoms with Gasteiger partial charge in [-0.25, -0.2) is 12.4 Å². The molecular formula is C27H28ClN3O2S. The average Bonchev–Trinajstić information content (AvgIpc) is 3.19. The minimum atomic E-state index is -3.86. The summed E-state index contributed by atoms with van der Waals surface area (Å²) in [5.74, 6) is 0. The number of nitrogens with zero attached hydrogens (tertiary/aromatic N) is 3. The van der Waals surface area contributed by atoms with Crippen LogP contribution in [0.1, 0.15) is 16.4 Å². The molecule has 0 radical (unpaired) electrons.